The third-order valence-corrected chi connectivity index (χ3v) is 4.29. The Labute approximate surface area is 115 Å². The molecule has 0 aliphatic rings. The summed E-state index contributed by atoms with van der Waals surface area (Å²) in [6.07, 6.45) is 3.07. The molecule has 0 radical (unpaired) electrons. The van der Waals surface area contributed by atoms with Gasteiger partial charge in [-0.05, 0) is 24.8 Å². The quantitative estimate of drug-likeness (QED) is 0.513. The van der Waals surface area contributed by atoms with E-state index >= 15 is 0 Å². The molecular weight excluding hydrogens is 342 g/mol. The zero-order valence-electron chi connectivity index (χ0n) is 8.56. The standard InChI is InChI=1S/C12H15Cl2I/c13-8-6-12(15,7-9-14)10-11-4-2-1-3-5-11/h1-5H,6-10H2. The molecule has 1 rings (SSSR count). The summed E-state index contributed by atoms with van der Waals surface area (Å²) in [6.45, 7) is 0. The van der Waals surface area contributed by atoms with E-state index in [-0.39, 0.29) is 3.42 Å². The van der Waals surface area contributed by atoms with Crippen molar-refractivity contribution in [1.29, 1.82) is 0 Å². The highest BCUT2D eigenvalue weighted by atomic mass is 127. The van der Waals surface area contributed by atoms with Gasteiger partial charge in [0.15, 0.2) is 0 Å². The lowest BCUT2D eigenvalue weighted by molar-refractivity contribution is 0.580. The fourth-order valence-electron chi connectivity index (χ4n) is 1.60. The minimum atomic E-state index is 0.211. The molecule has 1 aromatic carbocycles. The Hall–Kier alpha value is 0.530. The molecule has 0 heterocycles. The van der Waals surface area contributed by atoms with Gasteiger partial charge in [0.2, 0.25) is 0 Å². The van der Waals surface area contributed by atoms with E-state index in [1.807, 2.05) is 6.07 Å². The van der Waals surface area contributed by atoms with E-state index in [2.05, 4.69) is 46.9 Å². The van der Waals surface area contributed by atoms with Crippen LogP contribution in [-0.2, 0) is 6.42 Å². The van der Waals surface area contributed by atoms with E-state index in [9.17, 15) is 0 Å². The maximum Gasteiger partial charge on any atom is 0.0285 e. The average Bonchev–Trinajstić information content (AvgIpc) is 2.19. The predicted octanol–water partition coefficient (Wildman–Crippen LogP) is 4.66. The monoisotopic (exact) mass is 356 g/mol. The first kappa shape index (κ1) is 13.6. The van der Waals surface area contributed by atoms with Crippen molar-refractivity contribution in [2.24, 2.45) is 0 Å². The van der Waals surface area contributed by atoms with Crippen molar-refractivity contribution >= 4 is 45.8 Å². The second-order valence-corrected chi connectivity index (χ2v) is 6.74. The zero-order valence-corrected chi connectivity index (χ0v) is 12.2. The van der Waals surface area contributed by atoms with Crippen LogP contribution in [0.5, 0.6) is 0 Å². The molecule has 0 bridgehead atoms. The molecule has 0 aliphatic carbocycles. The van der Waals surface area contributed by atoms with Crippen LogP contribution in [-0.4, -0.2) is 15.2 Å². The predicted molar refractivity (Wildman–Crippen MR) is 77.6 cm³/mol. The van der Waals surface area contributed by atoms with Gasteiger partial charge in [-0.2, -0.15) is 0 Å². The van der Waals surface area contributed by atoms with Gasteiger partial charge in [-0.15, -0.1) is 23.2 Å². The summed E-state index contributed by atoms with van der Waals surface area (Å²) in [4.78, 5) is 0. The number of alkyl halides is 3. The third kappa shape index (κ3) is 4.92. The van der Waals surface area contributed by atoms with Gasteiger partial charge in [-0.1, -0.05) is 52.9 Å². The summed E-state index contributed by atoms with van der Waals surface area (Å²) < 4.78 is 0.211. The molecule has 0 unspecified atom stereocenters. The highest BCUT2D eigenvalue weighted by Crippen LogP contribution is 2.32. The lowest BCUT2D eigenvalue weighted by Crippen LogP contribution is -2.25. The van der Waals surface area contributed by atoms with Gasteiger partial charge in [0.05, 0.1) is 0 Å². The van der Waals surface area contributed by atoms with Crippen molar-refractivity contribution < 1.29 is 0 Å². The molecule has 0 saturated carbocycles. The van der Waals surface area contributed by atoms with Crippen molar-refractivity contribution in [1.82, 2.24) is 0 Å². The first-order valence-electron chi connectivity index (χ1n) is 5.05. The summed E-state index contributed by atoms with van der Waals surface area (Å²) in [6, 6.07) is 10.5. The maximum absolute atomic E-state index is 5.84. The van der Waals surface area contributed by atoms with Gasteiger partial charge >= 0.3 is 0 Å². The minimum Gasteiger partial charge on any atom is -0.127 e. The summed E-state index contributed by atoms with van der Waals surface area (Å²) in [5.74, 6) is 1.40. The molecule has 1 aromatic rings. The molecule has 0 saturated heterocycles. The zero-order chi connectivity index (χ0) is 11.1. The Morgan fingerprint density at radius 1 is 1.00 bits per heavy atom. The lowest BCUT2D eigenvalue weighted by Gasteiger charge is -2.26. The molecule has 0 nitrogen and oxygen atoms in total. The van der Waals surface area contributed by atoms with E-state index in [0.717, 1.165) is 19.3 Å². The molecule has 15 heavy (non-hydrogen) atoms. The van der Waals surface area contributed by atoms with E-state index in [4.69, 9.17) is 23.2 Å². The van der Waals surface area contributed by atoms with Gasteiger partial charge in [-0.3, -0.25) is 0 Å². The van der Waals surface area contributed by atoms with Crippen LogP contribution in [0.15, 0.2) is 30.3 Å². The van der Waals surface area contributed by atoms with E-state index in [1.165, 1.54) is 5.56 Å². The smallest absolute Gasteiger partial charge is 0.0285 e. The third-order valence-electron chi connectivity index (χ3n) is 2.45. The minimum absolute atomic E-state index is 0.211. The second kappa shape index (κ2) is 6.97. The average molecular weight is 357 g/mol. The molecule has 0 amide bonds. The number of hydrogen-bond acceptors (Lipinski definition) is 0. The fourth-order valence-corrected chi connectivity index (χ4v) is 3.94. The number of halogens is 3. The molecule has 0 spiro atoms. The van der Waals surface area contributed by atoms with Crippen LogP contribution >= 0.6 is 45.8 Å². The van der Waals surface area contributed by atoms with Crippen LogP contribution in [0.3, 0.4) is 0 Å². The molecule has 84 valence electrons. The van der Waals surface area contributed by atoms with Crippen molar-refractivity contribution in [2.45, 2.75) is 22.7 Å². The first-order valence-corrected chi connectivity index (χ1v) is 7.20. The van der Waals surface area contributed by atoms with Crippen molar-refractivity contribution in [3.63, 3.8) is 0 Å². The van der Waals surface area contributed by atoms with E-state index < -0.39 is 0 Å². The summed E-state index contributed by atoms with van der Waals surface area (Å²) in [5.41, 5.74) is 1.36. The summed E-state index contributed by atoms with van der Waals surface area (Å²) in [5, 5.41) is 0. The first-order chi connectivity index (χ1) is 7.20. The Balaban J connectivity index is 2.66. The van der Waals surface area contributed by atoms with Crippen LogP contribution in [0.4, 0.5) is 0 Å². The molecule has 0 atom stereocenters. The molecule has 0 N–H and O–H groups in total. The highest BCUT2D eigenvalue weighted by molar-refractivity contribution is 14.1. The maximum atomic E-state index is 5.84. The lowest BCUT2D eigenvalue weighted by atomic mass is 9.94. The van der Waals surface area contributed by atoms with E-state index in [1.54, 1.807) is 0 Å². The number of rotatable bonds is 6. The van der Waals surface area contributed by atoms with E-state index in [0.29, 0.717) is 11.8 Å². The Morgan fingerprint density at radius 3 is 2.00 bits per heavy atom. The number of benzene rings is 1. The second-order valence-electron chi connectivity index (χ2n) is 3.69. The molecule has 3 heteroatoms. The summed E-state index contributed by atoms with van der Waals surface area (Å²) in [7, 11) is 0. The van der Waals surface area contributed by atoms with Crippen LogP contribution in [0.2, 0.25) is 0 Å². The molecule has 0 aromatic heterocycles. The van der Waals surface area contributed by atoms with Gasteiger partial charge in [0.25, 0.3) is 0 Å². The Morgan fingerprint density at radius 2 is 1.53 bits per heavy atom. The van der Waals surface area contributed by atoms with Gasteiger partial charge < -0.3 is 0 Å². The summed E-state index contributed by atoms with van der Waals surface area (Å²) >= 11 is 14.2. The highest BCUT2D eigenvalue weighted by Gasteiger charge is 2.25. The van der Waals surface area contributed by atoms with Crippen LogP contribution in [0.1, 0.15) is 18.4 Å². The Bertz CT molecular complexity index is 268. The molecule has 0 aliphatic heterocycles. The largest absolute Gasteiger partial charge is 0.127 e. The van der Waals surface area contributed by atoms with Crippen molar-refractivity contribution in [3.8, 4) is 0 Å². The van der Waals surface area contributed by atoms with Gasteiger partial charge in [0.1, 0.15) is 0 Å². The van der Waals surface area contributed by atoms with Crippen LogP contribution in [0.25, 0.3) is 0 Å². The molecule has 0 fully saturated rings. The van der Waals surface area contributed by atoms with Crippen LogP contribution < -0.4 is 0 Å². The normalized spacial score (nSPS) is 11.7. The van der Waals surface area contributed by atoms with Crippen LogP contribution in [0, 0.1) is 0 Å². The van der Waals surface area contributed by atoms with Crippen molar-refractivity contribution in [3.05, 3.63) is 35.9 Å². The fraction of sp³-hybridized carbons (Fsp3) is 0.500. The van der Waals surface area contributed by atoms with Crippen molar-refractivity contribution in [2.75, 3.05) is 11.8 Å². The van der Waals surface area contributed by atoms with Gasteiger partial charge in [-0.25, -0.2) is 0 Å². The Kier molecular flexibility index (Phi) is 6.32. The molecular formula is C12H15Cl2I. The number of hydrogen-bond donors (Lipinski definition) is 0. The SMILES string of the molecule is ClCCC(I)(CCCl)Cc1ccccc1. The topological polar surface area (TPSA) is 0 Å². The van der Waals surface area contributed by atoms with Gasteiger partial charge in [0, 0.05) is 15.2 Å².